The summed E-state index contributed by atoms with van der Waals surface area (Å²) in [6.07, 6.45) is 0.826. The van der Waals surface area contributed by atoms with Crippen LogP contribution in [0.25, 0.3) is 0 Å². The molecule has 1 aliphatic heterocycles. The van der Waals surface area contributed by atoms with Gasteiger partial charge in [0.1, 0.15) is 11.6 Å². The summed E-state index contributed by atoms with van der Waals surface area (Å²) in [5.41, 5.74) is -0.691. The fraction of sp³-hybridized carbons (Fsp3) is 0.800. The van der Waals surface area contributed by atoms with Crippen LogP contribution in [0.15, 0.2) is 0 Å². The van der Waals surface area contributed by atoms with E-state index in [0.29, 0.717) is 6.54 Å². The van der Waals surface area contributed by atoms with Crippen molar-refractivity contribution in [3.05, 3.63) is 0 Å². The summed E-state index contributed by atoms with van der Waals surface area (Å²) < 4.78 is 9.71. The first kappa shape index (κ1) is 19.2. The Labute approximate surface area is 136 Å². The Kier molecular flexibility index (Phi) is 7.28. The number of nitrogens with one attached hydrogen (secondary N) is 3. The van der Waals surface area contributed by atoms with Crippen molar-refractivity contribution in [3.8, 4) is 0 Å². The number of hydrogen-bond donors (Lipinski definition) is 3. The minimum absolute atomic E-state index is 0.0168. The van der Waals surface area contributed by atoms with Crippen molar-refractivity contribution < 1.29 is 23.9 Å². The van der Waals surface area contributed by atoms with E-state index >= 15 is 0 Å². The van der Waals surface area contributed by atoms with Crippen LogP contribution in [-0.2, 0) is 19.1 Å². The molecular formula is C15H27N3O5. The van der Waals surface area contributed by atoms with Gasteiger partial charge in [-0.15, -0.1) is 0 Å². The van der Waals surface area contributed by atoms with Crippen molar-refractivity contribution in [2.45, 2.75) is 57.7 Å². The van der Waals surface area contributed by atoms with Gasteiger partial charge >= 0.3 is 12.1 Å². The fourth-order valence-corrected chi connectivity index (χ4v) is 2.19. The molecule has 132 valence electrons. The first-order valence-corrected chi connectivity index (χ1v) is 7.78. The molecule has 0 radical (unpaired) electrons. The number of ether oxygens (including phenoxy) is 2. The molecule has 23 heavy (non-hydrogen) atoms. The zero-order valence-electron chi connectivity index (χ0n) is 14.2. The molecule has 0 aromatic heterocycles. The molecule has 2 amide bonds. The maximum Gasteiger partial charge on any atom is 0.408 e. The molecule has 1 saturated heterocycles. The third-order valence-electron chi connectivity index (χ3n) is 3.25. The van der Waals surface area contributed by atoms with Crippen LogP contribution in [0.2, 0.25) is 0 Å². The minimum atomic E-state index is -1.03. The summed E-state index contributed by atoms with van der Waals surface area (Å²) in [5, 5.41) is 8.46. The van der Waals surface area contributed by atoms with E-state index in [2.05, 4.69) is 20.7 Å². The summed E-state index contributed by atoms with van der Waals surface area (Å²) in [7, 11) is 1.23. The Morgan fingerprint density at radius 1 is 1.30 bits per heavy atom. The zero-order chi connectivity index (χ0) is 17.5. The molecule has 8 heteroatoms. The Balaban J connectivity index is 2.64. The predicted molar refractivity (Wildman–Crippen MR) is 83.8 cm³/mol. The normalized spacial score (nSPS) is 19.4. The molecule has 3 N–H and O–H groups in total. The highest BCUT2D eigenvalue weighted by molar-refractivity contribution is 5.89. The highest BCUT2D eigenvalue weighted by Gasteiger charge is 2.28. The number of methoxy groups -OCH3 is 1. The quantitative estimate of drug-likeness (QED) is 0.627. The van der Waals surface area contributed by atoms with Gasteiger partial charge in [0.15, 0.2) is 0 Å². The Morgan fingerprint density at radius 2 is 2.00 bits per heavy atom. The average Bonchev–Trinajstić information content (AvgIpc) is 2.45. The highest BCUT2D eigenvalue weighted by atomic mass is 16.6. The second-order valence-electron chi connectivity index (χ2n) is 6.53. The maximum absolute atomic E-state index is 12.3. The van der Waals surface area contributed by atoms with Crippen molar-refractivity contribution >= 4 is 18.0 Å². The first-order valence-electron chi connectivity index (χ1n) is 7.78. The van der Waals surface area contributed by atoms with Gasteiger partial charge in [0, 0.05) is 12.6 Å². The Hall–Kier alpha value is -1.83. The van der Waals surface area contributed by atoms with Gasteiger partial charge in [0.25, 0.3) is 0 Å². The average molecular weight is 329 g/mol. The van der Waals surface area contributed by atoms with E-state index < -0.39 is 29.6 Å². The third-order valence-corrected chi connectivity index (χ3v) is 3.25. The molecule has 1 fully saturated rings. The van der Waals surface area contributed by atoms with Gasteiger partial charge in [-0.3, -0.25) is 9.59 Å². The summed E-state index contributed by atoms with van der Waals surface area (Å²) in [6, 6.07) is -1.05. The number of alkyl carbamates (subject to hydrolysis) is 1. The van der Waals surface area contributed by atoms with E-state index in [0.717, 1.165) is 19.4 Å². The van der Waals surface area contributed by atoms with Crippen molar-refractivity contribution in [3.63, 3.8) is 0 Å². The van der Waals surface area contributed by atoms with E-state index in [-0.39, 0.29) is 12.5 Å². The SMILES string of the molecule is COC(=O)C[C@H](NC(=O)OC(C)(C)C)C(=O)NC1CCCNC1. The molecule has 1 aliphatic rings. The van der Waals surface area contributed by atoms with Crippen LogP contribution in [0.5, 0.6) is 0 Å². The fourth-order valence-electron chi connectivity index (χ4n) is 2.19. The number of esters is 1. The van der Waals surface area contributed by atoms with Crippen molar-refractivity contribution in [1.29, 1.82) is 0 Å². The number of carbonyl (C=O) groups is 3. The van der Waals surface area contributed by atoms with Gasteiger partial charge in [-0.05, 0) is 40.2 Å². The topological polar surface area (TPSA) is 106 Å². The largest absolute Gasteiger partial charge is 0.469 e. The standard InChI is InChI=1S/C15H27N3O5/c1-15(2,3)23-14(21)18-11(8-12(19)22-4)13(20)17-10-6-5-7-16-9-10/h10-11,16H,5-9H2,1-4H3,(H,17,20)(H,18,21)/t10?,11-/m0/s1. The molecule has 0 spiro atoms. The first-order chi connectivity index (χ1) is 10.7. The second-order valence-corrected chi connectivity index (χ2v) is 6.53. The summed E-state index contributed by atoms with van der Waals surface area (Å²) in [5.74, 6) is -1.00. The lowest BCUT2D eigenvalue weighted by Gasteiger charge is -2.27. The number of rotatable bonds is 5. The lowest BCUT2D eigenvalue weighted by molar-refractivity contribution is -0.143. The molecule has 8 nitrogen and oxygen atoms in total. The molecule has 0 aromatic carbocycles. The predicted octanol–water partition coefficient (Wildman–Crippen LogP) is 0.311. The number of hydrogen-bond acceptors (Lipinski definition) is 6. The van der Waals surface area contributed by atoms with Gasteiger partial charge in [0.2, 0.25) is 5.91 Å². The van der Waals surface area contributed by atoms with E-state index in [4.69, 9.17) is 4.74 Å². The molecule has 0 aliphatic carbocycles. The van der Waals surface area contributed by atoms with E-state index in [9.17, 15) is 14.4 Å². The summed E-state index contributed by atoms with van der Waals surface area (Å²) in [6.45, 7) is 6.75. The minimum Gasteiger partial charge on any atom is -0.469 e. The number of carbonyl (C=O) groups excluding carboxylic acids is 3. The van der Waals surface area contributed by atoms with E-state index in [1.165, 1.54) is 7.11 Å². The summed E-state index contributed by atoms with van der Waals surface area (Å²) >= 11 is 0. The van der Waals surface area contributed by atoms with Crippen molar-refractivity contribution in [2.75, 3.05) is 20.2 Å². The van der Waals surface area contributed by atoms with Crippen LogP contribution in [0.1, 0.15) is 40.0 Å². The molecule has 1 rings (SSSR count). The lowest BCUT2D eigenvalue weighted by Crippen LogP contribution is -2.54. The molecular weight excluding hydrogens is 302 g/mol. The smallest absolute Gasteiger partial charge is 0.408 e. The van der Waals surface area contributed by atoms with Gasteiger partial charge in [0.05, 0.1) is 13.5 Å². The van der Waals surface area contributed by atoms with Crippen molar-refractivity contribution in [2.24, 2.45) is 0 Å². The molecule has 0 bridgehead atoms. The van der Waals surface area contributed by atoms with Crippen LogP contribution in [0, 0.1) is 0 Å². The van der Waals surface area contributed by atoms with Gasteiger partial charge in [-0.25, -0.2) is 4.79 Å². The van der Waals surface area contributed by atoms with Crippen molar-refractivity contribution in [1.82, 2.24) is 16.0 Å². The zero-order valence-corrected chi connectivity index (χ0v) is 14.2. The van der Waals surface area contributed by atoms with Crippen LogP contribution in [0.4, 0.5) is 4.79 Å². The monoisotopic (exact) mass is 329 g/mol. The summed E-state index contributed by atoms with van der Waals surface area (Å²) in [4.78, 5) is 35.7. The molecule has 0 saturated carbocycles. The molecule has 2 atom stereocenters. The Morgan fingerprint density at radius 3 is 2.52 bits per heavy atom. The second kappa shape index (κ2) is 8.71. The van der Waals surface area contributed by atoms with Gasteiger partial charge in [-0.2, -0.15) is 0 Å². The number of piperidine rings is 1. The van der Waals surface area contributed by atoms with Gasteiger partial charge in [-0.1, -0.05) is 0 Å². The van der Waals surface area contributed by atoms with Crippen LogP contribution in [-0.4, -0.2) is 55.9 Å². The molecule has 1 unspecified atom stereocenters. The molecule has 0 aromatic rings. The number of amides is 2. The molecule has 1 heterocycles. The Bertz CT molecular complexity index is 427. The van der Waals surface area contributed by atoms with E-state index in [1.54, 1.807) is 20.8 Å². The van der Waals surface area contributed by atoms with Crippen LogP contribution in [0.3, 0.4) is 0 Å². The van der Waals surface area contributed by atoms with Crippen LogP contribution >= 0.6 is 0 Å². The maximum atomic E-state index is 12.3. The van der Waals surface area contributed by atoms with Crippen LogP contribution < -0.4 is 16.0 Å². The lowest BCUT2D eigenvalue weighted by atomic mass is 10.1. The highest BCUT2D eigenvalue weighted by Crippen LogP contribution is 2.08. The van der Waals surface area contributed by atoms with Gasteiger partial charge < -0.3 is 25.4 Å². The van der Waals surface area contributed by atoms with E-state index in [1.807, 2.05) is 0 Å². The third kappa shape index (κ3) is 7.83.